The number of nitrogens with zero attached hydrogens (tertiary/aromatic N) is 1. The molecule has 1 aliphatic carbocycles. The summed E-state index contributed by atoms with van der Waals surface area (Å²) in [4.78, 5) is 13.0. The molecule has 0 aromatic heterocycles. The summed E-state index contributed by atoms with van der Waals surface area (Å²) >= 11 is 0. The van der Waals surface area contributed by atoms with E-state index < -0.39 is 5.97 Å². The topological polar surface area (TPSA) is 60.8 Å². The monoisotopic (exact) mass is 199 g/mol. The molecular formula is C10H17NO3. The normalized spacial score (nSPS) is 35.2. The van der Waals surface area contributed by atoms with Gasteiger partial charge in [-0.25, -0.2) is 0 Å². The summed E-state index contributed by atoms with van der Waals surface area (Å²) in [5.74, 6) is -0.831. The lowest BCUT2D eigenvalue weighted by Crippen LogP contribution is -2.53. The molecule has 1 saturated carbocycles. The van der Waals surface area contributed by atoms with Gasteiger partial charge >= 0.3 is 5.97 Å². The van der Waals surface area contributed by atoms with Crippen LogP contribution in [0.4, 0.5) is 0 Å². The smallest absolute Gasteiger partial charge is 0.306 e. The van der Waals surface area contributed by atoms with Crippen LogP contribution in [0.5, 0.6) is 0 Å². The number of aliphatic carboxylic acids is 1. The molecule has 0 radical (unpaired) electrons. The van der Waals surface area contributed by atoms with Gasteiger partial charge in [-0.1, -0.05) is 0 Å². The Morgan fingerprint density at radius 1 is 1.14 bits per heavy atom. The lowest BCUT2D eigenvalue weighted by atomic mass is 9.85. The van der Waals surface area contributed by atoms with Crippen LogP contribution in [0.1, 0.15) is 25.7 Å². The minimum Gasteiger partial charge on any atom is -0.481 e. The van der Waals surface area contributed by atoms with Gasteiger partial charge in [0.05, 0.1) is 12.0 Å². The Labute approximate surface area is 83.5 Å². The van der Waals surface area contributed by atoms with E-state index in [9.17, 15) is 9.90 Å². The molecule has 1 heterocycles. The number of carboxylic acids is 1. The van der Waals surface area contributed by atoms with E-state index >= 15 is 0 Å². The summed E-state index contributed by atoms with van der Waals surface area (Å²) in [7, 11) is 0. The zero-order chi connectivity index (χ0) is 10.1. The third-order valence-electron chi connectivity index (χ3n) is 3.55. The fraction of sp³-hybridized carbons (Fsp3) is 0.900. The molecule has 0 aromatic rings. The molecular weight excluding hydrogens is 182 g/mol. The number of likely N-dealkylation sites (tertiary alicyclic amines) is 1. The quantitative estimate of drug-likeness (QED) is 0.671. The van der Waals surface area contributed by atoms with Crippen molar-refractivity contribution >= 4 is 5.97 Å². The third-order valence-corrected chi connectivity index (χ3v) is 3.55. The van der Waals surface area contributed by atoms with E-state index in [0.717, 1.165) is 38.8 Å². The average molecular weight is 199 g/mol. The van der Waals surface area contributed by atoms with Gasteiger partial charge in [-0.05, 0) is 38.8 Å². The van der Waals surface area contributed by atoms with Gasteiger partial charge in [0.15, 0.2) is 0 Å². The summed E-state index contributed by atoms with van der Waals surface area (Å²) < 4.78 is 0. The number of carboxylic acid groups (broad SMARTS) is 1. The first-order chi connectivity index (χ1) is 6.68. The molecule has 1 aliphatic heterocycles. The highest BCUT2D eigenvalue weighted by molar-refractivity contribution is 5.70. The first-order valence-electron chi connectivity index (χ1n) is 5.33. The van der Waals surface area contributed by atoms with Crippen molar-refractivity contribution in [2.75, 3.05) is 13.1 Å². The van der Waals surface area contributed by atoms with Gasteiger partial charge in [0.2, 0.25) is 0 Å². The van der Waals surface area contributed by atoms with Crippen molar-refractivity contribution in [2.45, 2.75) is 37.8 Å². The molecule has 14 heavy (non-hydrogen) atoms. The van der Waals surface area contributed by atoms with Crippen molar-refractivity contribution in [2.24, 2.45) is 5.92 Å². The highest BCUT2D eigenvalue weighted by Gasteiger charge is 2.36. The molecule has 2 unspecified atom stereocenters. The predicted molar refractivity (Wildman–Crippen MR) is 51.0 cm³/mol. The molecule has 1 saturated heterocycles. The molecule has 4 heteroatoms. The van der Waals surface area contributed by atoms with Gasteiger partial charge in [-0.3, -0.25) is 9.69 Å². The van der Waals surface area contributed by atoms with Crippen molar-refractivity contribution in [1.29, 1.82) is 0 Å². The summed E-state index contributed by atoms with van der Waals surface area (Å²) in [6.07, 6.45) is 3.27. The Morgan fingerprint density at radius 2 is 1.79 bits per heavy atom. The zero-order valence-electron chi connectivity index (χ0n) is 8.22. The number of rotatable bonds is 2. The Morgan fingerprint density at radius 3 is 2.14 bits per heavy atom. The number of aliphatic hydroxyl groups excluding tert-OH is 1. The Hall–Kier alpha value is -0.610. The highest BCUT2D eigenvalue weighted by atomic mass is 16.4. The van der Waals surface area contributed by atoms with Gasteiger partial charge in [-0.15, -0.1) is 0 Å². The van der Waals surface area contributed by atoms with Gasteiger partial charge in [0.25, 0.3) is 0 Å². The predicted octanol–water partition coefficient (Wildman–Crippen LogP) is 0.306. The number of aliphatic hydroxyl groups is 1. The van der Waals surface area contributed by atoms with Crippen LogP contribution < -0.4 is 0 Å². The minimum atomic E-state index is -0.668. The molecule has 0 spiro atoms. The van der Waals surface area contributed by atoms with Crippen LogP contribution in [-0.4, -0.2) is 46.3 Å². The van der Waals surface area contributed by atoms with Gasteiger partial charge < -0.3 is 10.2 Å². The summed E-state index contributed by atoms with van der Waals surface area (Å²) in [6, 6.07) is 0.310. The van der Waals surface area contributed by atoms with Crippen LogP contribution in [0.3, 0.4) is 0 Å². The van der Waals surface area contributed by atoms with Crippen LogP contribution in [-0.2, 0) is 4.79 Å². The van der Waals surface area contributed by atoms with Crippen LogP contribution >= 0.6 is 0 Å². The van der Waals surface area contributed by atoms with E-state index in [4.69, 9.17) is 5.11 Å². The van der Waals surface area contributed by atoms with Crippen molar-refractivity contribution < 1.29 is 15.0 Å². The average Bonchev–Trinajstić information content (AvgIpc) is 2.16. The third kappa shape index (κ3) is 1.77. The van der Waals surface area contributed by atoms with E-state index in [1.54, 1.807) is 0 Å². The Balaban J connectivity index is 1.81. The van der Waals surface area contributed by atoms with Crippen molar-refractivity contribution in [1.82, 2.24) is 4.90 Å². The molecule has 0 aromatic carbocycles. The SMILES string of the molecule is O=C(O)C1CCN(C2CCC2O)CC1. The fourth-order valence-electron chi connectivity index (χ4n) is 2.37. The lowest BCUT2D eigenvalue weighted by Gasteiger charge is -2.44. The Kier molecular flexibility index (Phi) is 2.74. The van der Waals surface area contributed by atoms with Gasteiger partial charge in [0.1, 0.15) is 0 Å². The molecule has 4 nitrogen and oxygen atoms in total. The number of hydrogen-bond acceptors (Lipinski definition) is 3. The van der Waals surface area contributed by atoms with Crippen LogP contribution in [0.15, 0.2) is 0 Å². The van der Waals surface area contributed by atoms with Crippen molar-refractivity contribution in [3.05, 3.63) is 0 Å². The molecule has 2 rings (SSSR count). The second-order valence-corrected chi connectivity index (χ2v) is 4.36. The molecule has 2 atom stereocenters. The second-order valence-electron chi connectivity index (χ2n) is 4.36. The lowest BCUT2D eigenvalue weighted by molar-refractivity contribution is -0.144. The summed E-state index contributed by atoms with van der Waals surface area (Å²) in [5.41, 5.74) is 0. The maximum Gasteiger partial charge on any atom is 0.306 e. The first kappa shape index (κ1) is 9.93. The molecule has 2 aliphatic rings. The highest BCUT2D eigenvalue weighted by Crippen LogP contribution is 2.29. The Bertz CT molecular complexity index is 223. The van der Waals surface area contributed by atoms with E-state index in [0.29, 0.717) is 6.04 Å². The number of hydrogen-bond donors (Lipinski definition) is 2. The fourth-order valence-corrected chi connectivity index (χ4v) is 2.37. The second kappa shape index (κ2) is 3.87. The van der Waals surface area contributed by atoms with Crippen molar-refractivity contribution in [3.8, 4) is 0 Å². The van der Waals surface area contributed by atoms with Crippen LogP contribution in [0.2, 0.25) is 0 Å². The van der Waals surface area contributed by atoms with E-state index in [1.807, 2.05) is 0 Å². The summed E-state index contributed by atoms with van der Waals surface area (Å²) in [6.45, 7) is 1.66. The van der Waals surface area contributed by atoms with E-state index in [2.05, 4.69) is 4.90 Å². The first-order valence-corrected chi connectivity index (χ1v) is 5.33. The molecule has 2 N–H and O–H groups in total. The van der Waals surface area contributed by atoms with Gasteiger partial charge in [-0.2, -0.15) is 0 Å². The maximum atomic E-state index is 10.7. The molecule has 2 fully saturated rings. The minimum absolute atomic E-state index is 0.163. The molecule has 0 bridgehead atoms. The maximum absolute atomic E-state index is 10.7. The van der Waals surface area contributed by atoms with Crippen LogP contribution in [0, 0.1) is 5.92 Å². The van der Waals surface area contributed by atoms with E-state index in [1.165, 1.54) is 0 Å². The number of piperidine rings is 1. The van der Waals surface area contributed by atoms with E-state index in [-0.39, 0.29) is 12.0 Å². The van der Waals surface area contributed by atoms with Gasteiger partial charge in [0, 0.05) is 6.04 Å². The molecule has 80 valence electrons. The zero-order valence-corrected chi connectivity index (χ0v) is 8.22. The largest absolute Gasteiger partial charge is 0.481 e. The molecule has 0 amide bonds. The number of carbonyl (C=O) groups is 1. The van der Waals surface area contributed by atoms with Crippen LogP contribution in [0.25, 0.3) is 0 Å². The standard InChI is InChI=1S/C10H17NO3/c12-9-2-1-8(9)11-5-3-7(4-6-11)10(13)14/h7-9,12H,1-6H2,(H,13,14). The summed E-state index contributed by atoms with van der Waals surface area (Å²) in [5, 5.41) is 18.3. The van der Waals surface area contributed by atoms with Crippen molar-refractivity contribution in [3.63, 3.8) is 0 Å².